The molecule has 8 heteroatoms. The molecule has 15 heavy (non-hydrogen) atoms. The Morgan fingerprint density at radius 1 is 1.60 bits per heavy atom. The van der Waals surface area contributed by atoms with Crippen LogP contribution in [-0.4, -0.2) is 17.0 Å². The number of nitrogens with zero attached hydrogens (tertiary/aromatic N) is 1. The summed E-state index contributed by atoms with van der Waals surface area (Å²) in [6, 6.07) is 0.588. The Morgan fingerprint density at radius 2 is 2.20 bits per heavy atom. The monoisotopic (exact) mass is 220 g/mol. The first-order valence-corrected chi connectivity index (χ1v) is 3.71. The topological polar surface area (TPSA) is 85.2 Å². The van der Waals surface area contributed by atoms with Crippen molar-refractivity contribution in [3.05, 3.63) is 32.2 Å². The first kappa shape index (κ1) is 11.1. The zero-order valence-corrected chi connectivity index (χ0v) is 7.49. The van der Waals surface area contributed by atoms with Gasteiger partial charge in [0.2, 0.25) is 5.75 Å². The lowest BCUT2D eigenvalue weighted by Gasteiger charge is -2.06. The Kier molecular flexibility index (Phi) is 2.98. The highest BCUT2D eigenvalue weighted by Gasteiger charge is 2.25. The molecular formula is C7H6F2N2O4. The van der Waals surface area contributed by atoms with Crippen LogP contribution in [0.15, 0.2) is 10.9 Å². The van der Waals surface area contributed by atoms with Gasteiger partial charge in [0.15, 0.2) is 0 Å². The summed E-state index contributed by atoms with van der Waals surface area (Å²) in [6.07, 6.45) is -3.05. The van der Waals surface area contributed by atoms with Crippen LogP contribution in [0.25, 0.3) is 0 Å². The van der Waals surface area contributed by atoms with E-state index in [1.54, 1.807) is 4.98 Å². The van der Waals surface area contributed by atoms with E-state index in [9.17, 15) is 23.7 Å². The van der Waals surface area contributed by atoms with Crippen LogP contribution in [0.4, 0.5) is 14.5 Å². The van der Waals surface area contributed by atoms with E-state index >= 15 is 0 Å². The molecule has 0 bridgehead atoms. The Balaban J connectivity index is 3.52. The number of hydrogen-bond acceptors (Lipinski definition) is 4. The van der Waals surface area contributed by atoms with Crippen LogP contribution in [0.2, 0.25) is 0 Å². The zero-order valence-electron chi connectivity index (χ0n) is 7.49. The van der Waals surface area contributed by atoms with Gasteiger partial charge in [0.1, 0.15) is 5.69 Å². The molecule has 0 fully saturated rings. The van der Waals surface area contributed by atoms with Crippen LogP contribution in [-0.2, 0) is 0 Å². The first-order valence-electron chi connectivity index (χ1n) is 3.71. The highest BCUT2D eigenvalue weighted by atomic mass is 19.3. The third kappa shape index (κ3) is 2.09. The summed E-state index contributed by atoms with van der Waals surface area (Å²) in [5.41, 5.74) is -2.65. The maximum Gasteiger partial charge on any atom is 0.318 e. The van der Waals surface area contributed by atoms with Gasteiger partial charge >= 0.3 is 5.69 Å². The van der Waals surface area contributed by atoms with Crippen molar-refractivity contribution in [1.82, 2.24) is 4.98 Å². The molecule has 1 aromatic heterocycles. The molecule has 1 heterocycles. The number of H-pyrrole nitrogens is 1. The molecule has 0 atom stereocenters. The van der Waals surface area contributed by atoms with Crippen LogP contribution in [0.1, 0.15) is 12.1 Å². The molecule has 1 aromatic rings. The van der Waals surface area contributed by atoms with E-state index in [0.29, 0.717) is 6.07 Å². The minimum atomic E-state index is -3.05. The van der Waals surface area contributed by atoms with Gasteiger partial charge in [0.05, 0.1) is 18.1 Å². The summed E-state index contributed by atoms with van der Waals surface area (Å²) >= 11 is 0. The fourth-order valence-corrected chi connectivity index (χ4v) is 1.06. The minimum Gasteiger partial charge on any atom is -0.489 e. The standard InChI is InChI=1S/C7H6F2N2O4/c1-15-6-3(11(13)14)2-4(12)10-5(6)7(8)9/h2,7H,1H3,(H,10,12). The number of aromatic amines is 1. The van der Waals surface area contributed by atoms with Crippen molar-refractivity contribution in [2.75, 3.05) is 7.11 Å². The average molecular weight is 220 g/mol. The molecule has 0 aliphatic carbocycles. The molecule has 6 nitrogen and oxygen atoms in total. The van der Waals surface area contributed by atoms with E-state index in [0.717, 1.165) is 7.11 Å². The highest BCUT2D eigenvalue weighted by Crippen LogP contribution is 2.33. The van der Waals surface area contributed by atoms with Gasteiger partial charge < -0.3 is 9.72 Å². The van der Waals surface area contributed by atoms with Crippen molar-refractivity contribution in [2.24, 2.45) is 0 Å². The number of aromatic nitrogens is 1. The second-order valence-electron chi connectivity index (χ2n) is 2.52. The van der Waals surface area contributed by atoms with E-state index in [1.165, 1.54) is 0 Å². The van der Waals surface area contributed by atoms with Gasteiger partial charge in [-0.05, 0) is 0 Å². The zero-order chi connectivity index (χ0) is 11.6. The van der Waals surface area contributed by atoms with Crippen LogP contribution in [0.5, 0.6) is 5.75 Å². The number of halogens is 2. The van der Waals surface area contributed by atoms with Crippen molar-refractivity contribution < 1.29 is 18.4 Å². The Hall–Kier alpha value is -1.99. The van der Waals surface area contributed by atoms with Crippen LogP contribution < -0.4 is 10.3 Å². The van der Waals surface area contributed by atoms with Crippen LogP contribution >= 0.6 is 0 Å². The Bertz CT molecular complexity index is 443. The van der Waals surface area contributed by atoms with E-state index in [2.05, 4.69) is 4.74 Å². The molecule has 0 amide bonds. The average Bonchev–Trinajstić information content (AvgIpc) is 2.16. The summed E-state index contributed by atoms with van der Waals surface area (Å²) in [6.45, 7) is 0. The molecule has 0 saturated heterocycles. The summed E-state index contributed by atoms with van der Waals surface area (Å²) in [5, 5.41) is 10.4. The molecule has 0 spiro atoms. The Labute approximate surface area is 81.6 Å². The largest absolute Gasteiger partial charge is 0.489 e. The van der Waals surface area contributed by atoms with Crippen molar-refractivity contribution >= 4 is 5.69 Å². The minimum absolute atomic E-state index is 0.588. The number of nitro groups is 1. The van der Waals surface area contributed by atoms with Gasteiger partial charge in [-0.15, -0.1) is 0 Å². The number of hydrogen-bond donors (Lipinski definition) is 1. The van der Waals surface area contributed by atoms with Gasteiger partial charge in [-0.25, -0.2) is 8.78 Å². The van der Waals surface area contributed by atoms with Crippen molar-refractivity contribution in [1.29, 1.82) is 0 Å². The summed E-state index contributed by atoms with van der Waals surface area (Å²) in [5.74, 6) is -0.630. The predicted molar refractivity (Wildman–Crippen MR) is 45.2 cm³/mol. The highest BCUT2D eigenvalue weighted by molar-refractivity contribution is 5.48. The molecule has 0 aromatic carbocycles. The quantitative estimate of drug-likeness (QED) is 0.613. The number of methoxy groups -OCH3 is 1. The van der Waals surface area contributed by atoms with Crippen molar-refractivity contribution in [3.8, 4) is 5.75 Å². The van der Waals surface area contributed by atoms with Gasteiger partial charge in [0, 0.05) is 0 Å². The molecule has 0 aliphatic heterocycles. The van der Waals surface area contributed by atoms with Crippen LogP contribution in [0, 0.1) is 10.1 Å². The maximum absolute atomic E-state index is 12.4. The number of pyridine rings is 1. The SMILES string of the molecule is COc1c([N+](=O)[O-])cc(=O)[nH]c1C(F)F. The number of nitrogens with one attached hydrogen (secondary N) is 1. The molecule has 82 valence electrons. The fraction of sp³-hybridized carbons (Fsp3) is 0.286. The maximum atomic E-state index is 12.4. The predicted octanol–water partition coefficient (Wildman–Crippen LogP) is 1.23. The van der Waals surface area contributed by atoms with E-state index in [-0.39, 0.29) is 0 Å². The third-order valence-corrected chi connectivity index (χ3v) is 1.62. The Morgan fingerprint density at radius 3 is 2.60 bits per heavy atom. The van der Waals surface area contributed by atoms with Gasteiger partial charge in [0.25, 0.3) is 12.0 Å². The van der Waals surface area contributed by atoms with Crippen molar-refractivity contribution in [3.63, 3.8) is 0 Å². The molecule has 1 N–H and O–H groups in total. The second kappa shape index (κ2) is 4.03. The number of alkyl halides is 2. The van der Waals surface area contributed by atoms with E-state index < -0.39 is 34.0 Å². The number of rotatable bonds is 3. The smallest absolute Gasteiger partial charge is 0.318 e. The fourth-order valence-electron chi connectivity index (χ4n) is 1.06. The molecular weight excluding hydrogens is 214 g/mol. The molecule has 0 saturated carbocycles. The molecule has 1 rings (SSSR count). The van der Waals surface area contributed by atoms with E-state index in [4.69, 9.17) is 0 Å². The molecule has 0 aliphatic rings. The molecule has 0 radical (unpaired) electrons. The first-order chi connectivity index (χ1) is 6.97. The lowest BCUT2D eigenvalue weighted by atomic mass is 10.3. The lowest BCUT2D eigenvalue weighted by molar-refractivity contribution is -0.386. The number of ether oxygens (including phenoxy) is 1. The lowest BCUT2D eigenvalue weighted by Crippen LogP contribution is -2.12. The van der Waals surface area contributed by atoms with E-state index in [1.807, 2.05) is 0 Å². The van der Waals surface area contributed by atoms with Gasteiger partial charge in [-0.1, -0.05) is 0 Å². The van der Waals surface area contributed by atoms with Gasteiger partial charge in [-0.3, -0.25) is 14.9 Å². The second-order valence-corrected chi connectivity index (χ2v) is 2.52. The summed E-state index contributed by atoms with van der Waals surface area (Å²) in [7, 11) is 1.01. The van der Waals surface area contributed by atoms with Gasteiger partial charge in [-0.2, -0.15) is 0 Å². The summed E-state index contributed by atoms with van der Waals surface area (Å²) < 4.78 is 29.2. The molecule has 0 unspecified atom stereocenters. The third-order valence-electron chi connectivity index (χ3n) is 1.62. The van der Waals surface area contributed by atoms with Crippen LogP contribution in [0.3, 0.4) is 0 Å². The van der Waals surface area contributed by atoms with Crippen molar-refractivity contribution in [2.45, 2.75) is 6.43 Å². The summed E-state index contributed by atoms with van der Waals surface area (Å²) in [4.78, 5) is 22.1. The normalized spacial score (nSPS) is 10.4.